The summed E-state index contributed by atoms with van der Waals surface area (Å²) in [5.41, 5.74) is 0. The summed E-state index contributed by atoms with van der Waals surface area (Å²) in [6, 6.07) is 0.152. The molecule has 0 unspecified atom stereocenters. The zero-order valence-electron chi connectivity index (χ0n) is 13.9. The van der Waals surface area contributed by atoms with Crippen molar-refractivity contribution in [1.82, 2.24) is 14.7 Å². The number of amides is 3. The van der Waals surface area contributed by atoms with Crippen molar-refractivity contribution in [3.8, 4) is 0 Å². The quantitative estimate of drug-likeness (QED) is 0.771. The highest BCUT2D eigenvalue weighted by molar-refractivity contribution is 5.75. The first-order valence-electron chi connectivity index (χ1n) is 7.35. The van der Waals surface area contributed by atoms with Gasteiger partial charge in [0.15, 0.2) is 0 Å². The van der Waals surface area contributed by atoms with Gasteiger partial charge in [0.1, 0.15) is 0 Å². The van der Waals surface area contributed by atoms with Gasteiger partial charge < -0.3 is 14.7 Å². The van der Waals surface area contributed by atoms with Gasteiger partial charge in [0, 0.05) is 60.0 Å². The fourth-order valence-corrected chi connectivity index (χ4v) is 2.95. The number of carbonyl (C=O) groups excluding carboxylic acids is 3. The van der Waals surface area contributed by atoms with E-state index in [0.29, 0.717) is 0 Å². The molecule has 120 valence electrons. The molecule has 0 N–H and O–H groups in total. The van der Waals surface area contributed by atoms with E-state index in [0.717, 1.165) is 19.3 Å². The molecule has 1 saturated carbocycles. The van der Waals surface area contributed by atoms with Crippen LogP contribution in [0.1, 0.15) is 40.0 Å². The van der Waals surface area contributed by atoms with E-state index >= 15 is 0 Å². The molecule has 1 rings (SSSR count). The van der Waals surface area contributed by atoms with Crippen LogP contribution in [0.4, 0.5) is 0 Å². The summed E-state index contributed by atoms with van der Waals surface area (Å²) in [7, 11) is 5.36. The zero-order chi connectivity index (χ0) is 16.3. The third kappa shape index (κ3) is 4.19. The molecule has 0 aromatic heterocycles. The maximum Gasteiger partial charge on any atom is 0.219 e. The first-order chi connectivity index (χ1) is 9.65. The second kappa shape index (κ2) is 6.91. The number of rotatable bonds is 3. The molecule has 0 radical (unpaired) electrons. The predicted molar refractivity (Wildman–Crippen MR) is 80.5 cm³/mol. The highest BCUT2D eigenvalue weighted by atomic mass is 16.2. The fraction of sp³-hybridized carbons (Fsp3) is 0.800. The van der Waals surface area contributed by atoms with E-state index in [-0.39, 0.29) is 35.8 Å². The van der Waals surface area contributed by atoms with Crippen molar-refractivity contribution in [2.24, 2.45) is 0 Å². The molecule has 21 heavy (non-hydrogen) atoms. The molecule has 1 aliphatic rings. The van der Waals surface area contributed by atoms with E-state index in [9.17, 15) is 14.4 Å². The molecule has 0 aliphatic heterocycles. The van der Waals surface area contributed by atoms with E-state index in [4.69, 9.17) is 0 Å². The fourth-order valence-electron chi connectivity index (χ4n) is 2.95. The number of nitrogens with zero attached hydrogens (tertiary/aromatic N) is 3. The molecular weight excluding hydrogens is 270 g/mol. The minimum Gasteiger partial charge on any atom is -0.343 e. The molecule has 6 nitrogen and oxygen atoms in total. The standard InChI is InChI=1S/C15H27N3O3/c1-10(19)16(4)13-7-14(17(5)11(2)20)9-15(8-13)18(6)12(3)21/h13-15H,7-9H2,1-6H3. The smallest absolute Gasteiger partial charge is 0.219 e. The summed E-state index contributed by atoms with van der Waals surface area (Å²) < 4.78 is 0. The lowest BCUT2D eigenvalue weighted by atomic mass is 9.84. The van der Waals surface area contributed by atoms with Gasteiger partial charge in [-0.05, 0) is 19.3 Å². The van der Waals surface area contributed by atoms with E-state index in [2.05, 4.69) is 0 Å². The molecule has 1 aliphatic carbocycles. The van der Waals surface area contributed by atoms with Crippen LogP contribution in [0.2, 0.25) is 0 Å². The van der Waals surface area contributed by atoms with Gasteiger partial charge in [-0.25, -0.2) is 0 Å². The molecule has 1 fully saturated rings. The van der Waals surface area contributed by atoms with Crippen LogP contribution in [0.15, 0.2) is 0 Å². The lowest BCUT2D eigenvalue weighted by Crippen LogP contribution is -2.53. The van der Waals surface area contributed by atoms with Gasteiger partial charge in [0.2, 0.25) is 17.7 Å². The van der Waals surface area contributed by atoms with E-state index in [1.54, 1.807) is 56.6 Å². The van der Waals surface area contributed by atoms with Crippen LogP contribution in [-0.2, 0) is 14.4 Å². The zero-order valence-corrected chi connectivity index (χ0v) is 13.9. The van der Waals surface area contributed by atoms with Gasteiger partial charge in [0.05, 0.1) is 0 Å². The molecule has 0 bridgehead atoms. The van der Waals surface area contributed by atoms with Crippen molar-refractivity contribution in [2.45, 2.75) is 58.2 Å². The largest absolute Gasteiger partial charge is 0.343 e. The second-order valence-electron chi connectivity index (χ2n) is 6.06. The Bertz CT molecular complexity index is 357. The monoisotopic (exact) mass is 297 g/mol. The van der Waals surface area contributed by atoms with Crippen molar-refractivity contribution in [3.05, 3.63) is 0 Å². The third-order valence-electron chi connectivity index (χ3n) is 4.77. The van der Waals surface area contributed by atoms with Gasteiger partial charge in [-0.15, -0.1) is 0 Å². The average molecular weight is 297 g/mol. The SMILES string of the molecule is CC(=O)N(C)C1CC(N(C)C(C)=O)CC(N(C)C(C)=O)C1. The maximum absolute atomic E-state index is 11.6. The Balaban J connectivity index is 2.95. The summed E-state index contributed by atoms with van der Waals surface area (Å²) in [6.07, 6.45) is 2.28. The van der Waals surface area contributed by atoms with E-state index in [1.807, 2.05) is 0 Å². The number of hydrogen-bond acceptors (Lipinski definition) is 3. The van der Waals surface area contributed by atoms with Crippen molar-refractivity contribution < 1.29 is 14.4 Å². The third-order valence-corrected chi connectivity index (χ3v) is 4.77. The van der Waals surface area contributed by atoms with Gasteiger partial charge in [-0.3, -0.25) is 14.4 Å². The maximum atomic E-state index is 11.6. The molecular formula is C15H27N3O3. The van der Waals surface area contributed by atoms with Crippen LogP contribution in [0.5, 0.6) is 0 Å². The van der Waals surface area contributed by atoms with Crippen LogP contribution < -0.4 is 0 Å². The van der Waals surface area contributed by atoms with Crippen molar-refractivity contribution in [1.29, 1.82) is 0 Å². The number of hydrogen-bond donors (Lipinski definition) is 0. The minimum absolute atomic E-state index is 0.00959. The van der Waals surface area contributed by atoms with Crippen molar-refractivity contribution in [3.63, 3.8) is 0 Å². The van der Waals surface area contributed by atoms with Gasteiger partial charge in [-0.1, -0.05) is 0 Å². The Morgan fingerprint density at radius 2 is 0.810 bits per heavy atom. The predicted octanol–water partition coefficient (Wildman–Crippen LogP) is 0.711. The Morgan fingerprint density at radius 1 is 0.619 bits per heavy atom. The summed E-state index contributed by atoms with van der Waals surface area (Å²) >= 11 is 0. The van der Waals surface area contributed by atoms with Crippen LogP contribution >= 0.6 is 0 Å². The molecule has 0 heterocycles. The first kappa shape index (κ1) is 17.5. The van der Waals surface area contributed by atoms with Crippen LogP contribution in [0.25, 0.3) is 0 Å². The first-order valence-corrected chi connectivity index (χ1v) is 7.35. The van der Waals surface area contributed by atoms with Gasteiger partial charge in [0.25, 0.3) is 0 Å². The normalized spacial score (nSPS) is 25.1. The van der Waals surface area contributed by atoms with Crippen LogP contribution in [0, 0.1) is 0 Å². The molecule has 6 heteroatoms. The van der Waals surface area contributed by atoms with Crippen molar-refractivity contribution in [2.75, 3.05) is 21.1 Å². The van der Waals surface area contributed by atoms with Crippen molar-refractivity contribution >= 4 is 17.7 Å². The summed E-state index contributed by atoms with van der Waals surface area (Å²) in [5, 5.41) is 0. The van der Waals surface area contributed by atoms with Crippen LogP contribution in [0.3, 0.4) is 0 Å². The Kier molecular flexibility index (Phi) is 5.75. The lowest BCUT2D eigenvalue weighted by Gasteiger charge is -2.44. The van der Waals surface area contributed by atoms with E-state index < -0.39 is 0 Å². The molecule has 0 atom stereocenters. The Morgan fingerprint density at radius 3 is 0.952 bits per heavy atom. The average Bonchev–Trinajstić information content (AvgIpc) is 2.43. The highest BCUT2D eigenvalue weighted by Gasteiger charge is 2.36. The topological polar surface area (TPSA) is 60.9 Å². The van der Waals surface area contributed by atoms with Crippen LogP contribution in [-0.4, -0.2) is 71.7 Å². The summed E-state index contributed by atoms with van der Waals surface area (Å²) in [4.78, 5) is 40.1. The molecule has 0 saturated heterocycles. The molecule has 0 spiro atoms. The Hall–Kier alpha value is -1.59. The Labute approximate surface area is 127 Å². The van der Waals surface area contributed by atoms with Gasteiger partial charge in [-0.2, -0.15) is 0 Å². The molecule has 0 aromatic carbocycles. The molecule has 3 amide bonds. The molecule has 0 aromatic rings. The number of carbonyl (C=O) groups is 3. The summed E-state index contributed by atoms with van der Waals surface area (Å²) in [5.74, 6) is 0.0288. The highest BCUT2D eigenvalue weighted by Crippen LogP contribution is 2.29. The van der Waals surface area contributed by atoms with Gasteiger partial charge >= 0.3 is 0 Å². The lowest BCUT2D eigenvalue weighted by molar-refractivity contribution is -0.135. The van der Waals surface area contributed by atoms with E-state index in [1.165, 1.54) is 0 Å². The summed E-state index contributed by atoms with van der Waals surface area (Å²) in [6.45, 7) is 4.63. The second-order valence-corrected chi connectivity index (χ2v) is 6.06. The minimum atomic E-state index is 0.00959.